The van der Waals surface area contributed by atoms with Gasteiger partial charge in [-0.15, -0.1) is 0 Å². The highest BCUT2D eigenvalue weighted by atomic mass is 35.5. The van der Waals surface area contributed by atoms with Gasteiger partial charge in [0.2, 0.25) is 0 Å². The van der Waals surface area contributed by atoms with Gasteiger partial charge in [0.05, 0.1) is 10.7 Å². The largest absolute Gasteiger partial charge is 0.479 e. The van der Waals surface area contributed by atoms with E-state index in [2.05, 4.69) is 11.8 Å². The summed E-state index contributed by atoms with van der Waals surface area (Å²) in [6.45, 7) is 2.97. The van der Waals surface area contributed by atoms with Gasteiger partial charge in [-0.2, -0.15) is 0 Å². The predicted octanol–water partition coefficient (Wildman–Crippen LogP) is 4.03. The van der Waals surface area contributed by atoms with Crippen molar-refractivity contribution >= 4 is 29.1 Å². The Morgan fingerprint density at radius 2 is 1.75 bits per heavy atom. The van der Waals surface area contributed by atoms with Crippen LogP contribution in [0.5, 0.6) is 5.75 Å². The van der Waals surface area contributed by atoms with E-state index < -0.39 is 17.6 Å². The van der Waals surface area contributed by atoms with Crippen molar-refractivity contribution in [2.75, 3.05) is 24.7 Å². The van der Waals surface area contributed by atoms with E-state index in [-0.39, 0.29) is 23.1 Å². The molecule has 1 aliphatic carbocycles. The fourth-order valence-electron chi connectivity index (χ4n) is 3.24. The maximum atomic E-state index is 14.5. The first-order valence-corrected chi connectivity index (χ1v) is 9.68. The third kappa shape index (κ3) is 4.21. The number of carbonyl (C=O) groups excluding carboxylic acids is 2. The van der Waals surface area contributed by atoms with Crippen LogP contribution in [0.3, 0.4) is 0 Å². The summed E-state index contributed by atoms with van der Waals surface area (Å²) in [5, 5.41) is 0.0436. The van der Waals surface area contributed by atoms with Gasteiger partial charge in [0.15, 0.2) is 0 Å². The second-order valence-electron chi connectivity index (χ2n) is 6.54. The van der Waals surface area contributed by atoms with Gasteiger partial charge in [-0.05, 0) is 38.2 Å². The number of ether oxygens (including phenoxy) is 2. The first-order chi connectivity index (χ1) is 13.5. The number of carbonyl (C=O) groups is 2. The lowest BCUT2D eigenvalue weighted by Crippen LogP contribution is -2.32. The molecule has 1 aromatic carbocycles. The Bertz CT molecular complexity index is 856. The molecule has 5 nitrogen and oxygen atoms in total. The SMILES string of the molecule is CCCOCC#CCOc1cc(N2C(=O)C3=C(CCCC3)C2=O)c(F)cc1Cl. The van der Waals surface area contributed by atoms with Crippen molar-refractivity contribution in [2.45, 2.75) is 39.0 Å². The van der Waals surface area contributed by atoms with Crippen molar-refractivity contribution in [3.05, 3.63) is 34.1 Å². The fourth-order valence-corrected chi connectivity index (χ4v) is 3.45. The van der Waals surface area contributed by atoms with Crippen LogP contribution in [0.1, 0.15) is 39.0 Å². The van der Waals surface area contributed by atoms with E-state index in [0.717, 1.165) is 30.2 Å². The third-order valence-electron chi connectivity index (χ3n) is 4.58. The monoisotopic (exact) mass is 405 g/mol. The number of anilines is 1. The maximum Gasteiger partial charge on any atom is 0.261 e. The molecule has 0 saturated heterocycles. The molecule has 2 amide bonds. The number of hydrogen-bond donors (Lipinski definition) is 0. The molecule has 3 rings (SSSR count). The van der Waals surface area contributed by atoms with Gasteiger partial charge >= 0.3 is 0 Å². The first kappa shape index (κ1) is 20.4. The molecule has 148 valence electrons. The molecule has 0 aromatic heterocycles. The summed E-state index contributed by atoms with van der Waals surface area (Å²) in [6.07, 6.45) is 3.71. The topological polar surface area (TPSA) is 55.8 Å². The van der Waals surface area contributed by atoms with E-state index in [1.165, 1.54) is 6.07 Å². The molecular formula is C21H21ClFNO4. The molecule has 0 fully saturated rings. The van der Waals surface area contributed by atoms with Crippen molar-refractivity contribution < 1.29 is 23.5 Å². The number of hydrogen-bond acceptors (Lipinski definition) is 4. The molecule has 0 spiro atoms. The summed E-state index contributed by atoms with van der Waals surface area (Å²) in [4.78, 5) is 26.2. The van der Waals surface area contributed by atoms with Gasteiger partial charge in [0.25, 0.3) is 11.8 Å². The van der Waals surface area contributed by atoms with E-state index in [9.17, 15) is 14.0 Å². The third-order valence-corrected chi connectivity index (χ3v) is 4.88. The van der Waals surface area contributed by atoms with Crippen LogP contribution in [0.4, 0.5) is 10.1 Å². The summed E-state index contributed by atoms with van der Waals surface area (Å²) < 4.78 is 25.3. The average Bonchev–Trinajstić information content (AvgIpc) is 2.94. The number of nitrogens with zero attached hydrogens (tertiary/aromatic N) is 1. The van der Waals surface area contributed by atoms with Crippen molar-refractivity contribution in [1.29, 1.82) is 0 Å². The minimum atomic E-state index is -0.752. The molecule has 1 aromatic rings. The van der Waals surface area contributed by atoms with E-state index in [0.29, 0.717) is 37.2 Å². The lowest BCUT2D eigenvalue weighted by atomic mass is 9.93. The number of imide groups is 1. The van der Waals surface area contributed by atoms with Gasteiger partial charge in [-0.3, -0.25) is 9.59 Å². The second-order valence-corrected chi connectivity index (χ2v) is 6.95. The Labute approximate surface area is 168 Å². The standard InChI is InChI=1S/C21H21ClFNO4/c1-2-9-27-10-5-6-11-28-19-13-18(17(23)12-16(19)22)24-20(25)14-7-3-4-8-15(14)21(24)26/h12-13H,2-4,7-11H2,1H3. The Hall–Kier alpha value is -2.36. The Morgan fingerprint density at radius 3 is 2.39 bits per heavy atom. The van der Waals surface area contributed by atoms with Gasteiger partial charge in [0.1, 0.15) is 24.8 Å². The Balaban J connectivity index is 1.75. The summed E-state index contributed by atoms with van der Waals surface area (Å²) >= 11 is 6.05. The summed E-state index contributed by atoms with van der Waals surface area (Å²) in [5.41, 5.74) is 0.833. The number of rotatable bonds is 6. The van der Waals surface area contributed by atoms with Crippen LogP contribution in [0, 0.1) is 17.7 Å². The maximum absolute atomic E-state index is 14.5. The van der Waals surface area contributed by atoms with Crippen LogP contribution >= 0.6 is 11.6 Å². The van der Waals surface area contributed by atoms with Crippen molar-refractivity contribution in [3.63, 3.8) is 0 Å². The molecule has 7 heteroatoms. The van der Waals surface area contributed by atoms with Crippen LogP contribution in [0.15, 0.2) is 23.3 Å². The number of benzene rings is 1. The Kier molecular flexibility index (Phi) is 6.71. The lowest BCUT2D eigenvalue weighted by Gasteiger charge is -2.17. The molecule has 2 aliphatic rings. The van der Waals surface area contributed by atoms with Crippen LogP contribution in [0.2, 0.25) is 5.02 Å². The molecular weight excluding hydrogens is 385 g/mol. The highest BCUT2D eigenvalue weighted by Gasteiger charge is 2.41. The van der Waals surface area contributed by atoms with E-state index in [1.54, 1.807) is 0 Å². The molecule has 0 radical (unpaired) electrons. The van der Waals surface area contributed by atoms with Gasteiger partial charge < -0.3 is 9.47 Å². The minimum absolute atomic E-state index is 0.0247. The molecule has 1 heterocycles. The van der Waals surface area contributed by atoms with Crippen molar-refractivity contribution in [1.82, 2.24) is 0 Å². The molecule has 28 heavy (non-hydrogen) atoms. The lowest BCUT2D eigenvalue weighted by molar-refractivity contribution is -0.120. The Morgan fingerprint density at radius 1 is 1.11 bits per heavy atom. The van der Waals surface area contributed by atoms with Crippen LogP contribution in [-0.4, -0.2) is 31.6 Å². The zero-order valence-electron chi connectivity index (χ0n) is 15.6. The fraction of sp³-hybridized carbons (Fsp3) is 0.429. The zero-order chi connectivity index (χ0) is 20.1. The number of halogens is 2. The van der Waals surface area contributed by atoms with E-state index in [1.807, 2.05) is 6.92 Å². The van der Waals surface area contributed by atoms with Crippen LogP contribution < -0.4 is 9.64 Å². The zero-order valence-corrected chi connectivity index (χ0v) is 16.4. The van der Waals surface area contributed by atoms with Gasteiger partial charge in [-0.25, -0.2) is 9.29 Å². The smallest absolute Gasteiger partial charge is 0.261 e. The summed E-state index contributed by atoms with van der Waals surface area (Å²) in [5.74, 6) is 4.07. The molecule has 0 bridgehead atoms. The van der Waals surface area contributed by atoms with Gasteiger partial charge in [-0.1, -0.05) is 30.4 Å². The first-order valence-electron chi connectivity index (χ1n) is 9.30. The second kappa shape index (κ2) is 9.22. The van der Waals surface area contributed by atoms with Crippen LogP contribution in [0.25, 0.3) is 0 Å². The van der Waals surface area contributed by atoms with Crippen LogP contribution in [-0.2, 0) is 14.3 Å². The minimum Gasteiger partial charge on any atom is -0.479 e. The number of amides is 2. The normalized spacial score (nSPS) is 16.2. The van der Waals surface area contributed by atoms with E-state index >= 15 is 0 Å². The summed E-state index contributed by atoms with van der Waals surface area (Å²) in [6, 6.07) is 2.32. The van der Waals surface area contributed by atoms with Crippen molar-refractivity contribution in [3.8, 4) is 17.6 Å². The highest BCUT2D eigenvalue weighted by Crippen LogP contribution is 2.39. The molecule has 0 saturated carbocycles. The molecule has 0 atom stereocenters. The molecule has 1 aliphatic heterocycles. The molecule has 0 N–H and O–H groups in total. The average molecular weight is 406 g/mol. The summed E-state index contributed by atoms with van der Waals surface area (Å²) in [7, 11) is 0. The van der Waals surface area contributed by atoms with E-state index in [4.69, 9.17) is 21.1 Å². The van der Waals surface area contributed by atoms with Crippen molar-refractivity contribution in [2.24, 2.45) is 0 Å². The van der Waals surface area contributed by atoms with Gasteiger partial charge in [0, 0.05) is 23.8 Å². The quantitative estimate of drug-likeness (QED) is 0.407. The predicted molar refractivity (Wildman–Crippen MR) is 104 cm³/mol. The molecule has 0 unspecified atom stereocenters. The highest BCUT2D eigenvalue weighted by molar-refractivity contribution is 6.34.